The summed E-state index contributed by atoms with van der Waals surface area (Å²) in [5, 5.41) is 9.57. The van der Waals surface area contributed by atoms with Crippen molar-refractivity contribution in [2.75, 3.05) is 0 Å². The number of nitrogens with zero attached hydrogens (tertiary/aromatic N) is 2. The molecule has 0 fully saturated rings. The molecule has 2 heterocycles. The Bertz CT molecular complexity index is 1200. The van der Waals surface area contributed by atoms with Crippen LogP contribution in [0.1, 0.15) is 21.9 Å². The number of fused-ring (bicyclic) bond motifs is 1. The lowest BCUT2D eigenvalue weighted by atomic mass is 10.2. The second kappa shape index (κ2) is 6.76. The number of hydrogen-bond acceptors (Lipinski definition) is 4. The van der Waals surface area contributed by atoms with Gasteiger partial charge in [-0.1, -0.05) is 12.1 Å². The molecule has 6 nitrogen and oxygen atoms in total. The average molecular weight is 358 g/mol. The van der Waals surface area contributed by atoms with E-state index in [2.05, 4.69) is 4.98 Å². The summed E-state index contributed by atoms with van der Waals surface area (Å²) in [6.07, 6.45) is 4.97. The van der Waals surface area contributed by atoms with Gasteiger partial charge in [0.15, 0.2) is 0 Å². The first-order valence-corrected chi connectivity index (χ1v) is 8.20. The topological polar surface area (TPSA) is 85.3 Å². The van der Waals surface area contributed by atoms with E-state index >= 15 is 0 Å². The Morgan fingerprint density at radius 2 is 1.78 bits per heavy atom. The van der Waals surface area contributed by atoms with Crippen molar-refractivity contribution >= 4 is 29.0 Å². The van der Waals surface area contributed by atoms with Crippen molar-refractivity contribution in [1.82, 2.24) is 9.55 Å². The summed E-state index contributed by atoms with van der Waals surface area (Å²) < 4.78 is 6.75. The molecule has 27 heavy (non-hydrogen) atoms. The van der Waals surface area contributed by atoms with Crippen LogP contribution in [0.2, 0.25) is 0 Å². The van der Waals surface area contributed by atoms with E-state index in [1.54, 1.807) is 60.9 Å². The average Bonchev–Trinajstić information content (AvgIpc) is 3.20. The number of carbonyl (C=O) groups is 1. The number of carboxylic acid groups (broad SMARTS) is 1. The highest BCUT2D eigenvalue weighted by Crippen LogP contribution is 2.16. The molecular formula is C21H14N2O4. The molecule has 0 spiro atoms. The number of carboxylic acids is 1. The van der Waals surface area contributed by atoms with Crippen LogP contribution in [0.4, 0.5) is 0 Å². The van der Waals surface area contributed by atoms with Gasteiger partial charge in [0.2, 0.25) is 0 Å². The van der Waals surface area contributed by atoms with Gasteiger partial charge in [0, 0.05) is 0 Å². The molecule has 4 aromatic rings. The van der Waals surface area contributed by atoms with Crippen LogP contribution in [0.5, 0.6) is 0 Å². The number of para-hydroxylation sites is 1. The summed E-state index contributed by atoms with van der Waals surface area (Å²) in [6, 6.07) is 16.7. The van der Waals surface area contributed by atoms with Crippen LogP contribution >= 0.6 is 0 Å². The molecule has 0 saturated carbocycles. The number of benzene rings is 2. The fourth-order valence-electron chi connectivity index (χ4n) is 2.81. The Morgan fingerprint density at radius 1 is 1.00 bits per heavy atom. The lowest BCUT2D eigenvalue weighted by molar-refractivity contribution is 0.0697. The largest absolute Gasteiger partial charge is 0.478 e. The van der Waals surface area contributed by atoms with E-state index in [0.29, 0.717) is 28.2 Å². The van der Waals surface area contributed by atoms with E-state index < -0.39 is 5.97 Å². The molecule has 0 unspecified atom stereocenters. The van der Waals surface area contributed by atoms with Crippen LogP contribution in [0.25, 0.3) is 28.7 Å². The zero-order valence-corrected chi connectivity index (χ0v) is 14.1. The monoisotopic (exact) mass is 358 g/mol. The molecule has 0 amide bonds. The van der Waals surface area contributed by atoms with Gasteiger partial charge in [0.05, 0.1) is 28.4 Å². The van der Waals surface area contributed by atoms with Crippen molar-refractivity contribution in [2.24, 2.45) is 0 Å². The zero-order chi connectivity index (χ0) is 18.8. The quantitative estimate of drug-likeness (QED) is 0.599. The molecule has 6 heteroatoms. The molecule has 0 aliphatic carbocycles. The molecule has 1 N–H and O–H groups in total. The Hall–Kier alpha value is -3.93. The minimum atomic E-state index is -1.02. The molecule has 2 aromatic carbocycles. The molecule has 0 aliphatic heterocycles. The Balaban J connectivity index is 1.93. The van der Waals surface area contributed by atoms with Crippen molar-refractivity contribution in [3.63, 3.8) is 0 Å². The van der Waals surface area contributed by atoms with Crippen LogP contribution in [0.3, 0.4) is 0 Å². The summed E-state index contributed by atoms with van der Waals surface area (Å²) in [6.45, 7) is 0. The Labute approximate surface area is 153 Å². The van der Waals surface area contributed by atoms with Crippen LogP contribution in [-0.2, 0) is 0 Å². The summed E-state index contributed by atoms with van der Waals surface area (Å²) in [7, 11) is 0. The van der Waals surface area contributed by atoms with Gasteiger partial charge in [-0.25, -0.2) is 9.78 Å². The van der Waals surface area contributed by atoms with E-state index in [-0.39, 0.29) is 11.1 Å². The van der Waals surface area contributed by atoms with E-state index in [1.807, 2.05) is 6.07 Å². The fraction of sp³-hybridized carbons (Fsp3) is 0. The highest BCUT2D eigenvalue weighted by atomic mass is 16.4. The third kappa shape index (κ3) is 3.16. The van der Waals surface area contributed by atoms with E-state index in [4.69, 9.17) is 9.52 Å². The van der Waals surface area contributed by atoms with E-state index in [9.17, 15) is 9.59 Å². The summed E-state index contributed by atoms with van der Waals surface area (Å²) >= 11 is 0. The molecule has 132 valence electrons. The standard InChI is InChI=1S/C21H14N2O4/c24-20-17-5-1-2-6-18(17)22-19(12-11-16-4-3-13-27-16)23(20)15-9-7-14(8-10-15)21(25)26/h1-13H,(H,25,26)/b12-11+. The Kier molecular flexibility index (Phi) is 4.14. The van der Waals surface area contributed by atoms with Crippen LogP contribution in [0, 0.1) is 0 Å². The van der Waals surface area contributed by atoms with Crippen LogP contribution in [-0.4, -0.2) is 20.6 Å². The van der Waals surface area contributed by atoms with E-state index in [1.165, 1.54) is 16.7 Å². The number of aromatic nitrogens is 2. The van der Waals surface area contributed by atoms with Crippen molar-refractivity contribution in [2.45, 2.75) is 0 Å². The van der Waals surface area contributed by atoms with Gasteiger partial charge in [-0.3, -0.25) is 9.36 Å². The fourth-order valence-corrected chi connectivity index (χ4v) is 2.81. The van der Waals surface area contributed by atoms with Gasteiger partial charge in [-0.15, -0.1) is 0 Å². The molecular weight excluding hydrogens is 344 g/mol. The minimum absolute atomic E-state index is 0.147. The SMILES string of the molecule is O=C(O)c1ccc(-n2c(/C=C/c3ccco3)nc3ccccc3c2=O)cc1. The first-order valence-electron chi connectivity index (χ1n) is 8.20. The lowest BCUT2D eigenvalue weighted by Gasteiger charge is -2.11. The van der Waals surface area contributed by atoms with Gasteiger partial charge >= 0.3 is 5.97 Å². The van der Waals surface area contributed by atoms with Crippen LogP contribution < -0.4 is 5.56 Å². The smallest absolute Gasteiger partial charge is 0.335 e. The predicted octanol–water partition coefficient (Wildman–Crippen LogP) is 3.85. The number of aromatic carboxylic acids is 1. The predicted molar refractivity (Wildman–Crippen MR) is 102 cm³/mol. The normalized spacial score (nSPS) is 11.3. The van der Waals surface area contributed by atoms with Gasteiger partial charge < -0.3 is 9.52 Å². The zero-order valence-electron chi connectivity index (χ0n) is 14.1. The van der Waals surface area contributed by atoms with Crippen molar-refractivity contribution in [3.8, 4) is 5.69 Å². The Morgan fingerprint density at radius 3 is 2.48 bits per heavy atom. The van der Waals surface area contributed by atoms with Crippen LogP contribution in [0.15, 0.2) is 76.1 Å². The lowest BCUT2D eigenvalue weighted by Crippen LogP contribution is -2.22. The second-order valence-electron chi connectivity index (χ2n) is 5.83. The molecule has 0 radical (unpaired) electrons. The minimum Gasteiger partial charge on any atom is -0.478 e. The maximum atomic E-state index is 13.1. The highest BCUT2D eigenvalue weighted by Gasteiger charge is 2.12. The number of hydrogen-bond donors (Lipinski definition) is 1. The maximum absolute atomic E-state index is 13.1. The summed E-state index contributed by atoms with van der Waals surface area (Å²) in [5.41, 5.74) is 1.03. The van der Waals surface area contributed by atoms with Gasteiger partial charge in [-0.05, 0) is 60.7 Å². The summed E-state index contributed by atoms with van der Waals surface area (Å²) in [5.74, 6) is 0.0202. The molecule has 4 rings (SSSR count). The number of furan rings is 1. The first kappa shape index (κ1) is 16.5. The second-order valence-corrected chi connectivity index (χ2v) is 5.83. The molecule has 0 bridgehead atoms. The van der Waals surface area contributed by atoms with Gasteiger partial charge in [-0.2, -0.15) is 0 Å². The number of rotatable bonds is 4. The summed E-state index contributed by atoms with van der Waals surface area (Å²) in [4.78, 5) is 28.8. The van der Waals surface area contributed by atoms with Gasteiger partial charge in [0.1, 0.15) is 11.6 Å². The molecule has 0 atom stereocenters. The van der Waals surface area contributed by atoms with Gasteiger partial charge in [0.25, 0.3) is 5.56 Å². The third-order valence-corrected chi connectivity index (χ3v) is 4.11. The molecule has 2 aromatic heterocycles. The van der Waals surface area contributed by atoms with Crippen molar-refractivity contribution < 1.29 is 14.3 Å². The molecule has 0 aliphatic rings. The van der Waals surface area contributed by atoms with Crippen molar-refractivity contribution in [3.05, 3.63) is 94.4 Å². The maximum Gasteiger partial charge on any atom is 0.335 e. The molecule has 0 saturated heterocycles. The highest BCUT2D eigenvalue weighted by molar-refractivity contribution is 5.88. The third-order valence-electron chi connectivity index (χ3n) is 4.11. The van der Waals surface area contributed by atoms with E-state index in [0.717, 1.165) is 0 Å². The first-order chi connectivity index (χ1) is 13.1. The van der Waals surface area contributed by atoms with Crippen molar-refractivity contribution in [1.29, 1.82) is 0 Å².